The number of aliphatic carboxylic acids is 1. The Balaban J connectivity index is 1.04. The van der Waals surface area contributed by atoms with Crippen LogP contribution in [0.3, 0.4) is 0 Å². The van der Waals surface area contributed by atoms with Crippen molar-refractivity contribution in [2.24, 2.45) is 50.2 Å². The third-order valence-electron chi connectivity index (χ3n) is 19.0. The molecule has 8 rings (SSSR count). The van der Waals surface area contributed by atoms with Crippen LogP contribution in [0.5, 0.6) is 0 Å². The van der Waals surface area contributed by atoms with Gasteiger partial charge in [-0.1, -0.05) is 67.0 Å². The maximum Gasteiger partial charge on any atom is 0.335 e. The molecule has 0 aromatic heterocycles. The minimum atomic E-state index is -1.96. The largest absolute Gasteiger partial charge is 0.479 e. The number of carbonyl (C=O) groups is 1. The number of aliphatic hydroxyl groups excluding tert-OH is 8. The van der Waals surface area contributed by atoms with Crippen molar-refractivity contribution in [2.75, 3.05) is 6.61 Å². The maximum atomic E-state index is 12.4. The number of carboxylic acid groups (broad SMARTS) is 1. The molecule has 0 spiro atoms. The van der Waals surface area contributed by atoms with Gasteiger partial charge in [-0.05, 0) is 110 Å². The van der Waals surface area contributed by atoms with E-state index >= 15 is 0 Å². The fraction of sp³-hybridized carbons (Fsp3) is 0.936. The molecular formula is C47H76O16. The fourth-order valence-corrected chi connectivity index (χ4v) is 14.8. The molecule has 0 aromatic carbocycles. The van der Waals surface area contributed by atoms with Crippen LogP contribution < -0.4 is 0 Å². The average Bonchev–Trinajstić information content (AvgIpc) is 3.20. The first-order chi connectivity index (χ1) is 29.2. The van der Waals surface area contributed by atoms with E-state index in [2.05, 4.69) is 61.5 Å². The third-order valence-corrected chi connectivity index (χ3v) is 19.0. The first-order valence-electron chi connectivity index (χ1n) is 23.5. The number of aliphatic hydroxyl groups is 8. The Morgan fingerprint density at radius 3 is 2.02 bits per heavy atom. The standard InChI is InChI=1S/C47H76O16/c1-21-29(50)31(52)34(55)39(59-21)62-36-30(51)24(48)20-58-40(36)63-37-33(54)32(53)35(38(56)57)61-41(37)60-28-13-14-45(7)25(43(28,4)5)12-15-47(9)26(45)11-10-22-23-18-42(2,3)19-27(49)44(23,6)16-17-46(22,47)8/h10,21,23-37,39-41,48-55H,11-20H2,1-9H3,(H,56,57)/t21-,23+,24+,25-,26-,27+,28+,29-,30+,31-,32-,33-,34-,35-,36-,37+,39+,40-,41+,44-,45+,46-,47-/m1/s1. The number of rotatable bonds is 7. The Kier molecular flexibility index (Phi) is 12.5. The van der Waals surface area contributed by atoms with E-state index in [1.807, 2.05) is 0 Å². The fourth-order valence-electron chi connectivity index (χ4n) is 14.8. The molecule has 16 nitrogen and oxygen atoms in total. The van der Waals surface area contributed by atoms with Crippen molar-refractivity contribution in [1.82, 2.24) is 0 Å². The summed E-state index contributed by atoms with van der Waals surface area (Å²) in [5, 5.41) is 97.3. The second kappa shape index (κ2) is 16.4. The molecule has 0 unspecified atom stereocenters. The third kappa shape index (κ3) is 7.51. The Morgan fingerprint density at radius 1 is 0.667 bits per heavy atom. The Morgan fingerprint density at radius 2 is 1.33 bits per heavy atom. The van der Waals surface area contributed by atoms with Crippen LogP contribution in [0, 0.1) is 50.2 Å². The van der Waals surface area contributed by atoms with Crippen LogP contribution in [0.4, 0.5) is 0 Å². The molecule has 9 N–H and O–H groups in total. The normalized spacial score (nSPS) is 55.3. The monoisotopic (exact) mass is 897 g/mol. The lowest BCUT2D eigenvalue weighted by molar-refractivity contribution is -0.386. The van der Waals surface area contributed by atoms with Crippen LogP contribution in [-0.4, -0.2) is 157 Å². The van der Waals surface area contributed by atoms with Crippen LogP contribution >= 0.6 is 0 Å². The first kappa shape index (κ1) is 48.1. The SMILES string of the molecule is C[C@H]1O[C@@H](O[C@H]2[C@@H](O[C@@H]3[C@@H](O[C@H]4CC[C@@]5(C)[C@H](CC[C@]6(C)[C@@H]5CC=C5[C@@H]7CC(C)(C)C[C@H](O)[C@]7(C)CC[C@]56C)C4(C)C)O[C@@H](C(=O)O)[C@H](O)[C@H]3O)OC[C@H](O)[C@@H]2O)[C@H](O)[C@H](O)[C@@H]1O. The van der Waals surface area contributed by atoms with Crippen LogP contribution in [0.25, 0.3) is 0 Å². The molecule has 3 heterocycles. The molecule has 0 bridgehead atoms. The van der Waals surface area contributed by atoms with Crippen molar-refractivity contribution in [3.05, 3.63) is 11.6 Å². The minimum Gasteiger partial charge on any atom is -0.479 e. The molecule has 3 aliphatic heterocycles. The van der Waals surface area contributed by atoms with Gasteiger partial charge < -0.3 is 74.4 Å². The molecule has 7 fully saturated rings. The first-order valence-corrected chi connectivity index (χ1v) is 23.5. The number of carboxylic acids is 1. The summed E-state index contributed by atoms with van der Waals surface area (Å²) in [5.74, 6) is -0.622. The van der Waals surface area contributed by atoms with Crippen LogP contribution in [0.15, 0.2) is 11.6 Å². The quantitative estimate of drug-likeness (QED) is 0.131. The second-order valence-corrected chi connectivity index (χ2v) is 23.3. The lowest BCUT2D eigenvalue weighted by Gasteiger charge is -2.71. The summed E-state index contributed by atoms with van der Waals surface area (Å²) in [6.07, 6.45) is -12.8. The van der Waals surface area contributed by atoms with E-state index in [0.29, 0.717) is 18.3 Å². The predicted octanol–water partition coefficient (Wildman–Crippen LogP) is 2.37. The zero-order valence-electron chi connectivity index (χ0n) is 38.5. The van der Waals surface area contributed by atoms with Gasteiger partial charge in [0.1, 0.15) is 54.9 Å². The molecule has 0 aromatic rings. The number of ether oxygens (including phenoxy) is 6. The molecule has 3 saturated heterocycles. The van der Waals surface area contributed by atoms with E-state index in [1.165, 1.54) is 6.92 Å². The molecule has 16 heteroatoms. The molecule has 4 saturated carbocycles. The molecule has 360 valence electrons. The summed E-state index contributed by atoms with van der Waals surface area (Å²) in [6.45, 7) is 19.7. The van der Waals surface area contributed by atoms with Crippen molar-refractivity contribution in [1.29, 1.82) is 0 Å². The highest BCUT2D eigenvalue weighted by Gasteiger charge is 2.69. The Hall–Kier alpha value is -1.35. The molecule has 5 aliphatic carbocycles. The van der Waals surface area contributed by atoms with E-state index in [0.717, 1.165) is 51.4 Å². The van der Waals surface area contributed by atoms with Crippen molar-refractivity contribution in [3.8, 4) is 0 Å². The van der Waals surface area contributed by atoms with Crippen LogP contribution in [0.2, 0.25) is 0 Å². The van der Waals surface area contributed by atoms with Crippen molar-refractivity contribution in [3.63, 3.8) is 0 Å². The second-order valence-electron chi connectivity index (χ2n) is 23.3. The highest BCUT2D eigenvalue weighted by Crippen LogP contribution is 2.76. The molecule has 23 atom stereocenters. The van der Waals surface area contributed by atoms with Crippen LogP contribution in [-0.2, 0) is 33.2 Å². The summed E-state index contributed by atoms with van der Waals surface area (Å²) < 4.78 is 36.2. The summed E-state index contributed by atoms with van der Waals surface area (Å²) in [4.78, 5) is 12.4. The van der Waals surface area contributed by atoms with E-state index in [-0.39, 0.29) is 39.1 Å². The molecule has 0 radical (unpaired) electrons. The number of hydrogen-bond acceptors (Lipinski definition) is 15. The van der Waals surface area contributed by atoms with Crippen LogP contribution in [0.1, 0.15) is 120 Å². The van der Waals surface area contributed by atoms with Gasteiger partial charge in [-0.25, -0.2) is 4.79 Å². The van der Waals surface area contributed by atoms with Gasteiger partial charge in [-0.15, -0.1) is 0 Å². The molecule has 0 amide bonds. The van der Waals surface area contributed by atoms with E-state index in [1.54, 1.807) is 5.57 Å². The van der Waals surface area contributed by atoms with Crippen molar-refractivity contribution in [2.45, 2.75) is 218 Å². The topological polar surface area (TPSA) is 255 Å². The van der Waals surface area contributed by atoms with Gasteiger partial charge in [-0.3, -0.25) is 0 Å². The van der Waals surface area contributed by atoms with E-state index in [9.17, 15) is 50.8 Å². The maximum absolute atomic E-state index is 12.4. The Labute approximate surface area is 371 Å². The van der Waals surface area contributed by atoms with Gasteiger partial charge in [0.15, 0.2) is 25.0 Å². The van der Waals surface area contributed by atoms with Gasteiger partial charge in [0, 0.05) is 5.41 Å². The highest BCUT2D eigenvalue weighted by molar-refractivity contribution is 5.73. The van der Waals surface area contributed by atoms with Crippen molar-refractivity contribution >= 4 is 5.97 Å². The predicted molar refractivity (Wildman–Crippen MR) is 223 cm³/mol. The summed E-state index contributed by atoms with van der Waals surface area (Å²) >= 11 is 0. The highest BCUT2D eigenvalue weighted by atomic mass is 16.8. The van der Waals surface area contributed by atoms with Crippen molar-refractivity contribution < 1.29 is 79.2 Å². The summed E-state index contributed by atoms with van der Waals surface area (Å²) in [6, 6.07) is 0. The molecular weight excluding hydrogens is 821 g/mol. The van der Waals surface area contributed by atoms with Gasteiger partial charge in [-0.2, -0.15) is 0 Å². The smallest absolute Gasteiger partial charge is 0.335 e. The van der Waals surface area contributed by atoms with Gasteiger partial charge >= 0.3 is 5.97 Å². The average molecular weight is 897 g/mol. The molecule has 63 heavy (non-hydrogen) atoms. The molecule has 8 aliphatic rings. The summed E-state index contributed by atoms with van der Waals surface area (Å²) in [5.41, 5.74) is 0.910. The number of hydrogen-bond donors (Lipinski definition) is 9. The lowest BCUT2D eigenvalue weighted by Crippen LogP contribution is -2.67. The minimum absolute atomic E-state index is 0.0189. The van der Waals surface area contributed by atoms with Gasteiger partial charge in [0.2, 0.25) is 0 Å². The lowest BCUT2D eigenvalue weighted by atomic mass is 9.33. The van der Waals surface area contributed by atoms with E-state index in [4.69, 9.17) is 28.4 Å². The number of fused-ring (bicyclic) bond motifs is 7. The Bertz CT molecular complexity index is 1740. The van der Waals surface area contributed by atoms with Gasteiger partial charge in [0.05, 0.1) is 24.9 Å². The van der Waals surface area contributed by atoms with E-state index < -0.39 is 110 Å². The van der Waals surface area contributed by atoms with Gasteiger partial charge in [0.25, 0.3) is 0 Å². The zero-order chi connectivity index (χ0) is 46.1. The summed E-state index contributed by atoms with van der Waals surface area (Å²) in [7, 11) is 0. The number of allylic oxidation sites excluding steroid dienone is 2. The zero-order valence-corrected chi connectivity index (χ0v) is 38.5.